The molecule has 0 aliphatic rings. The molecule has 1 amide bonds. The molecule has 5 aromatic carbocycles. The smallest absolute Gasteiger partial charge is 0.250 e. The summed E-state index contributed by atoms with van der Waals surface area (Å²) in [5, 5.41) is 18.4. The number of amides is 1. The van der Waals surface area contributed by atoms with Gasteiger partial charge in [-0.25, -0.2) is 5.43 Å². The average Bonchev–Trinajstić information content (AvgIpc) is 3.47. The Morgan fingerprint density at radius 1 is 0.886 bits per heavy atom. The predicted octanol–water partition coefficient (Wildman–Crippen LogP) is 7.79. The van der Waals surface area contributed by atoms with Crippen LogP contribution < -0.4 is 10.2 Å². The number of nitrogens with zero attached hydrogens (tertiary/aromatic N) is 4. The van der Waals surface area contributed by atoms with Crippen molar-refractivity contribution in [3.05, 3.63) is 114 Å². The van der Waals surface area contributed by atoms with Crippen LogP contribution in [0.25, 0.3) is 38.6 Å². The maximum Gasteiger partial charge on any atom is 0.250 e. The second-order valence-corrected chi connectivity index (χ2v) is 12.4. The fraction of sp³-hybridized carbons (Fsp3) is 0.167. The number of carbonyl (C=O) groups excluding carboxylic acids is 1. The molecule has 220 valence electrons. The van der Waals surface area contributed by atoms with E-state index in [1.807, 2.05) is 53.1 Å². The van der Waals surface area contributed by atoms with Crippen molar-refractivity contribution in [3.8, 4) is 22.8 Å². The molecule has 0 saturated heterocycles. The lowest BCUT2D eigenvalue weighted by Gasteiger charge is -2.19. The molecule has 7 nitrogen and oxygen atoms in total. The highest BCUT2D eigenvalue weighted by Crippen LogP contribution is 2.31. The van der Waals surface area contributed by atoms with E-state index in [0.29, 0.717) is 11.0 Å². The van der Waals surface area contributed by atoms with Gasteiger partial charge in [-0.3, -0.25) is 9.36 Å². The number of hydrogen-bond acceptors (Lipinski definition) is 6. The van der Waals surface area contributed by atoms with Gasteiger partial charge in [0.2, 0.25) is 0 Å². The van der Waals surface area contributed by atoms with Crippen molar-refractivity contribution < 1.29 is 9.53 Å². The van der Waals surface area contributed by atoms with Gasteiger partial charge in [0.15, 0.2) is 11.0 Å². The van der Waals surface area contributed by atoms with E-state index < -0.39 is 0 Å². The van der Waals surface area contributed by atoms with Crippen molar-refractivity contribution in [2.24, 2.45) is 5.10 Å². The van der Waals surface area contributed by atoms with E-state index >= 15 is 0 Å². The Bertz CT molecular complexity index is 1920. The lowest BCUT2D eigenvalue weighted by atomic mass is 9.87. The summed E-state index contributed by atoms with van der Waals surface area (Å²) >= 11 is 1.31. The number of benzene rings is 5. The summed E-state index contributed by atoms with van der Waals surface area (Å²) in [6.07, 6.45) is 1.73. The minimum Gasteiger partial charge on any atom is -0.497 e. The normalized spacial score (nSPS) is 11.8. The summed E-state index contributed by atoms with van der Waals surface area (Å²) in [7, 11) is 1.64. The van der Waals surface area contributed by atoms with Crippen LogP contribution in [-0.4, -0.2) is 39.7 Å². The molecular weight excluding hydrogens is 566 g/mol. The monoisotopic (exact) mass is 599 g/mol. The SMILES string of the molecule is COc1ccc(-n2c(SCC(=O)NN=Cc3c4ccccc4cc4ccccc34)nnc2-c2ccc(C(C)(C)C)cc2)cc1. The molecule has 0 bridgehead atoms. The number of nitrogens with one attached hydrogen (secondary N) is 1. The van der Waals surface area contributed by atoms with Crippen LogP contribution in [0.3, 0.4) is 0 Å². The quantitative estimate of drug-likeness (QED) is 0.0836. The molecule has 0 saturated carbocycles. The molecule has 0 aliphatic heterocycles. The third-order valence-electron chi connectivity index (χ3n) is 7.50. The van der Waals surface area contributed by atoms with E-state index in [-0.39, 0.29) is 17.1 Å². The van der Waals surface area contributed by atoms with Crippen LogP contribution in [0.15, 0.2) is 113 Å². The van der Waals surface area contributed by atoms with Crippen molar-refractivity contribution in [1.29, 1.82) is 0 Å². The standard InChI is InChI=1S/C36H33N5O2S/c1-36(2,3)27-15-13-24(14-16-27)34-39-40-35(41(34)28-17-19-29(43-4)20-18-28)44-23-33(42)38-37-22-32-30-11-7-5-9-25(30)21-26-10-6-8-12-31(26)32/h5-22H,23H2,1-4H3,(H,38,42). The van der Waals surface area contributed by atoms with E-state index in [1.54, 1.807) is 13.3 Å². The number of thioether (sulfide) groups is 1. The first-order valence-electron chi connectivity index (χ1n) is 14.4. The molecule has 0 spiro atoms. The van der Waals surface area contributed by atoms with Crippen LogP contribution in [0.5, 0.6) is 5.75 Å². The minimum absolute atomic E-state index is 0.0414. The molecule has 6 aromatic rings. The molecular formula is C36H33N5O2S. The Kier molecular flexibility index (Phi) is 8.17. The summed E-state index contributed by atoms with van der Waals surface area (Å²) in [6.45, 7) is 6.57. The summed E-state index contributed by atoms with van der Waals surface area (Å²) in [6, 6.07) is 34.6. The fourth-order valence-electron chi connectivity index (χ4n) is 5.15. The third kappa shape index (κ3) is 6.07. The van der Waals surface area contributed by atoms with E-state index in [0.717, 1.165) is 44.1 Å². The second-order valence-electron chi connectivity index (χ2n) is 11.5. The molecule has 0 radical (unpaired) electrons. The van der Waals surface area contributed by atoms with Gasteiger partial charge in [0.25, 0.3) is 5.91 Å². The van der Waals surface area contributed by atoms with Gasteiger partial charge in [-0.15, -0.1) is 10.2 Å². The van der Waals surface area contributed by atoms with Crippen LogP contribution in [0, 0.1) is 0 Å². The van der Waals surface area contributed by atoms with E-state index in [9.17, 15) is 4.79 Å². The maximum atomic E-state index is 13.0. The highest BCUT2D eigenvalue weighted by atomic mass is 32.2. The highest BCUT2D eigenvalue weighted by Gasteiger charge is 2.19. The van der Waals surface area contributed by atoms with Crippen molar-refractivity contribution in [2.45, 2.75) is 31.3 Å². The van der Waals surface area contributed by atoms with E-state index in [2.05, 4.69) is 96.1 Å². The number of rotatable bonds is 8. The van der Waals surface area contributed by atoms with Crippen molar-refractivity contribution in [1.82, 2.24) is 20.2 Å². The summed E-state index contributed by atoms with van der Waals surface area (Å²) in [5.41, 5.74) is 6.75. The molecule has 6 rings (SSSR count). The largest absolute Gasteiger partial charge is 0.497 e. The number of carbonyl (C=O) groups is 1. The second kappa shape index (κ2) is 12.3. The van der Waals surface area contributed by atoms with Gasteiger partial charge in [-0.05, 0) is 62.9 Å². The maximum absolute atomic E-state index is 13.0. The molecule has 8 heteroatoms. The topological polar surface area (TPSA) is 81.4 Å². The van der Waals surface area contributed by atoms with Crippen molar-refractivity contribution in [2.75, 3.05) is 12.9 Å². The summed E-state index contributed by atoms with van der Waals surface area (Å²) in [5.74, 6) is 1.32. The Hall–Kier alpha value is -4.95. The number of aromatic nitrogens is 3. The van der Waals surface area contributed by atoms with Gasteiger partial charge in [0.1, 0.15) is 5.75 Å². The van der Waals surface area contributed by atoms with Gasteiger partial charge >= 0.3 is 0 Å². The lowest BCUT2D eigenvalue weighted by Crippen LogP contribution is -2.20. The van der Waals surface area contributed by atoms with Crippen LogP contribution in [0.4, 0.5) is 0 Å². The molecule has 0 unspecified atom stereocenters. The Morgan fingerprint density at radius 3 is 2.14 bits per heavy atom. The Morgan fingerprint density at radius 2 is 1.52 bits per heavy atom. The predicted molar refractivity (Wildman–Crippen MR) is 180 cm³/mol. The lowest BCUT2D eigenvalue weighted by molar-refractivity contribution is -0.118. The molecule has 1 N–H and O–H groups in total. The number of hydrazone groups is 1. The van der Waals surface area contributed by atoms with Crippen LogP contribution >= 0.6 is 11.8 Å². The first-order chi connectivity index (χ1) is 21.3. The number of hydrogen-bond donors (Lipinski definition) is 1. The van der Waals surface area contributed by atoms with Crippen LogP contribution in [0.1, 0.15) is 31.9 Å². The van der Waals surface area contributed by atoms with Gasteiger partial charge in [0, 0.05) is 16.8 Å². The van der Waals surface area contributed by atoms with Gasteiger partial charge in [-0.1, -0.05) is 105 Å². The van der Waals surface area contributed by atoms with Gasteiger partial charge in [0.05, 0.1) is 19.1 Å². The molecule has 0 atom stereocenters. The van der Waals surface area contributed by atoms with Crippen molar-refractivity contribution in [3.63, 3.8) is 0 Å². The molecule has 1 aromatic heterocycles. The number of fused-ring (bicyclic) bond motifs is 2. The summed E-state index contributed by atoms with van der Waals surface area (Å²) in [4.78, 5) is 13.0. The third-order valence-corrected chi connectivity index (χ3v) is 8.43. The van der Waals surface area contributed by atoms with Gasteiger partial charge in [-0.2, -0.15) is 5.10 Å². The van der Waals surface area contributed by atoms with E-state index in [4.69, 9.17) is 4.74 Å². The first kappa shape index (κ1) is 29.1. The molecule has 0 aliphatic carbocycles. The zero-order chi connectivity index (χ0) is 30.7. The molecule has 44 heavy (non-hydrogen) atoms. The average molecular weight is 600 g/mol. The van der Waals surface area contributed by atoms with Crippen LogP contribution in [0.2, 0.25) is 0 Å². The molecule has 0 fully saturated rings. The highest BCUT2D eigenvalue weighted by molar-refractivity contribution is 7.99. The first-order valence-corrected chi connectivity index (χ1v) is 15.4. The fourth-order valence-corrected chi connectivity index (χ4v) is 5.90. The number of ether oxygens (including phenoxy) is 1. The minimum atomic E-state index is -0.240. The zero-order valence-corrected chi connectivity index (χ0v) is 25.9. The molecule has 1 heterocycles. The van der Waals surface area contributed by atoms with E-state index in [1.165, 1.54) is 17.3 Å². The van der Waals surface area contributed by atoms with Crippen LogP contribution in [-0.2, 0) is 10.2 Å². The zero-order valence-electron chi connectivity index (χ0n) is 25.1. The number of methoxy groups -OCH3 is 1. The van der Waals surface area contributed by atoms with Gasteiger partial charge < -0.3 is 4.74 Å². The summed E-state index contributed by atoms with van der Waals surface area (Å²) < 4.78 is 7.33. The Balaban J connectivity index is 1.24. The Labute approximate surface area is 261 Å². The van der Waals surface area contributed by atoms with Crippen molar-refractivity contribution >= 4 is 45.4 Å².